The Morgan fingerprint density at radius 1 is 1.24 bits per heavy atom. The first-order chi connectivity index (χ1) is 16.0. The van der Waals surface area contributed by atoms with Crippen LogP contribution in [-0.2, 0) is 19.2 Å². The minimum absolute atomic E-state index is 0.133. The highest BCUT2D eigenvalue weighted by atomic mass is 35.5. The van der Waals surface area contributed by atoms with Crippen molar-refractivity contribution >= 4 is 47.3 Å². The molecule has 1 fully saturated rings. The largest absolute Gasteiger partial charge is 0.481 e. The van der Waals surface area contributed by atoms with Gasteiger partial charge in [0.1, 0.15) is 18.0 Å². The normalized spacial score (nSPS) is 18.6. The molecule has 2 unspecified atom stereocenters. The van der Waals surface area contributed by atoms with Crippen molar-refractivity contribution in [3.05, 3.63) is 40.1 Å². The molecule has 1 aromatic carbocycles. The number of aldehydes is 1. The number of benzene rings is 1. The van der Waals surface area contributed by atoms with Gasteiger partial charge in [-0.2, -0.15) is 0 Å². The topological polar surface area (TPSA) is 159 Å². The molecule has 1 aromatic rings. The second-order valence-corrected chi connectivity index (χ2v) is 9.21. The Morgan fingerprint density at radius 3 is 2.53 bits per heavy atom. The van der Waals surface area contributed by atoms with E-state index in [2.05, 4.69) is 10.6 Å². The van der Waals surface area contributed by atoms with E-state index < -0.39 is 42.2 Å². The van der Waals surface area contributed by atoms with Crippen LogP contribution in [0.2, 0.25) is 5.02 Å². The zero-order valence-corrected chi connectivity index (χ0v) is 19.6. The van der Waals surface area contributed by atoms with Crippen LogP contribution in [0.5, 0.6) is 0 Å². The van der Waals surface area contributed by atoms with Crippen molar-refractivity contribution in [1.29, 1.82) is 0 Å². The van der Waals surface area contributed by atoms with Gasteiger partial charge in [-0.25, -0.2) is 0 Å². The van der Waals surface area contributed by atoms with Crippen molar-refractivity contribution in [3.63, 3.8) is 0 Å². The first kappa shape index (κ1) is 25.2. The third kappa shape index (κ3) is 5.22. The minimum atomic E-state index is -1.23. The summed E-state index contributed by atoms with van der Waals surface area (Å²) >= 11 is 6.01. The molecule has 1 saturated carbocycles. The molecule has 3 amide bonds. The zero-order valence-electron chi connectivity index (χ0n) is 18.8. The summed E-state index contributed by atoms with van der Waals surface area (Å²) in [5.41, 5.74) is 7.16. The van der Waals surface area contributed by atoms with E-state index in [0.717, 1.165) is 5.57 Å². The van der Waals surface area contributed by atoms with Crippen molar-refractivity contribution in [2.45, 2.75) is 57.7 Å². The summed E-state index contributed by atoms with van der Waals surface area (Å²) in [4.78, 5) is 63.0. The maximum Gasteiger partial charge on any atom is 0.305 e. The number of carbonyl (C=O) groups excluding carboxylic acids is 4. The molecule has 3 rings (SSSR count). The molecule has 2 bridgehead atoms. The van der Waals surface area contributed by atoms with Crippen LogP contribution in [0, 0.1) is 5.92 Å². The van der Waals surface area contributed by atoms with Gasteiger partial charge in [0, 0.05) is 11.6 Å². The molecule has 3 atom stereocenters. The van der Waals surface area contributed by atoms with Gasteiger partial charge < -0.3 is 31.2 Å². The van der Waals surface area contributed by atoms with Gasteiger partial charge in [0.25, 0.3) is 11.8 Å². The van der Waals surface area contributed by atoms with E-state index >= 15 is 0 Å². The summed E-state index contributed by atoms with van der Waals surface area (Å²) in [6.45, 7) is 3.55. The number of aliphatic carboxylic acids is 1. The van der Waals surface area contributed by atoms with Crippen molar-refractivity contribution in [2.24, 2.45) is 5.92 Å². The van der Waals surface area contributed by atoms with Crippen molar-refractivity contribution < 1.29 is 29.1 Å². The number of carboxylic acids is 1. The first-order valence-corrected chi connectivity index (χ1v) is 11.3. The lowest BCUT2D eigenvalue weighted by Gasteiger charge is -2.34. The average molecular weight is 491 g/mol. The van der Waals surface area contributed by atoms with E-state index in [4.69, 9.17) is 22.4 Å². The van der Waals surface area contributed by atoms with Crippen LogP contribution >= 0.6 is 11.6 Å². The maximum absolute atomic E-state index is 13.6. The third-order valence-corrected chi connectivity index (χ3v) is 6.34. The van der Waals surface area contributed by atoms with Gasteiger partial charge in [-0.05, 0) is 49.0 Å². The molecule has 0 spiro atoms. The Kier molecular flexibility index (Phi) is 7.61. The van der Waals surface area contributed by atoms with E-state index in [1.54, 1.807) is 13.8 Å². The van der Waals surface area contributed by atoms with Crippen molar-refractivity contribution in [3.8, 4) is 0 Å². The molecule has 34 heavy (non-hydrogen) atoms. The third-order valence-electron chi connectivity index (χ3n) is 6.01. The number of nitrogens with two attached hydrogens (primary N) is 1. The van der Waals surface area contributed by atoms with Gasteiger partial charge in [0.2, 0.25) is 5.91 Å². The van der Waals surface area contributed by atoms with E-state index in [0.29, 0.717) is 31.2 Å². The molecule has 1 aliphatic heterocycles. The van der Waals surface area contributed by atoms with E-state index in [9.17, 15) is 24.0 Å². The van der Waals surface area contributed by atoms with E-state index in [1.165, 1.54) is 23.1 Å². The highest BCUT2D eigenvalue weighted by Gasteiger charge is 2.46. The number of anilines is 1. The smallest absolute Gasteiger partial charge is 0.305 e. The van der Waals surface area contributed by atoms with Gasteiger partial charge in [0.15, 0.2) is 0 Å². The molecule has 1 aliphatic carbocycles. The lowest BCUT2D eigenvalue weighted by molar-refractivity contribution is -0.139. The maximum atomic E-state index is 13.6. The Bertz CT molecular complexity index is 1070. The van der Waals surface area contributed by atoms with Gasteiger partial charge in [-0.1, -0.05) is 25.4 Å². The molecular weight excluding hydrogens is 464 g/mol. The second kappa shape index (κ2) is 10.3. The number of carboxylic acid groups (broad SMARTS) is 1. The Labute approximate surface area is 201 Å². The molecule has 10 nitrogen and oxygen atoms in total. The molecule has 0 saturated heterocycles. The van der Waals surface area contributed by atoms with Crippen LogP contribution in [-0.4, -0.2) is 58.1 Å². The fourth-order valence-corrected chi connectivity index (χ4v) is 4.47. The Morgan fingerprint density at radius 2 is 1.94 bits per heavy atom. The molecule has 11 heteroatoms. The number of nitrogens with zero attached hydrogens (tertiary/aromatic N) is 1. The van der Waals surface area contributed by atoms with Crippen LogP contribution < -0.4 is 16.4 Å². The molecule has 0 radical (unpaired) electrons. The minimum Gasteiger partial charge on any atom is -0.481 e. The standard InChI is InChI=1S/C23H27ClN4O6/c1-11(2)19(27-21(32)13-4-6-17(25)16(24)8-13)23(34)28-15-5-3-12(7-15)20(28)22(33)26-14(10-29)9-18(30)31/h4,6,8,10-11,14-15,19H,3,5,7,9,25H2,1-2H3,(H,26,33)(H,27,32)(H,30,31)/t14-,15?,19?/m0/s1. The van der Waals surface area contributed by atoms with Gasteiger partial charge in [0.05, 0.1) is 23.2 Å². The number of carbonyl (C=O) groups is 5. The van der Waals surface area contributed by atoms with Crippen LogP contribution in [0.15, 0.2) is 29.5 Å². The second-order valence-electron chi connectivity index (χ2n) is 8.80. The van der Waals surface area contributed by atoms with Crippen LogP contribution in [0.4, 0.5) is 5.69 Å². The zero-order chi connectivity index (χ0) is 25.2. The monoisotopic (exact) mass is 490 g/mol. The summed E-state index contributed by atoms with van der Waals surface area (Å²) in [6.07, 6.45) is 1.61. The number of hydrogen-bond acceptors (Lipinski definition) is 6. The highest BCUT2D eigenvalue weighted by molar-refractivity contribution is 6.33. The summed E-state index contributed by atoms with van der Waals surface area (Å²) in [5, 5.41) is 14.3. The van der Waals surface area contributed by atoms with E-state index in [-0.39, 0.29) is 28.2 Å². The summed E-state index contributed by atoms with van der Waals surface area (Å²) in [7, 11) is 0. The molecule has 2 aliphatic rings. The summed E-state index contributed by atoms with van der Waals surface area (Å²) in [5.74, 6) is -3.18. The van der Waals surface area contributed by atoms with Gasteiger partial charge in [-0.3, -0.25) is 19.2 Å². The van der Waals surface area contributed by atoms with Crippen LogP contribution in [0.3, 0.4) is 0 Å². The fourth-order valence-electron chi connectivity index (χ4n) is 4.29. The number of nitrogens with one attached hydrogen (secondary N) is 2. The first-order valence-electron chi connectivity index (χ1n) is 10.9. The van der Waals surface area contributed by atoms with Gasteiger partial charge >= 0.3 is 5.97 Å². The quantitative estimate of drug-likeness (QED) is 0.301. The SMILES string of the molecule is CC(C)C(NC(=O)c1ccc(N)c(Cl)c1)C(=O)N1C(C(=O)N[C@H](C=O)CC(=O)O)=C2CCC1C2. The fraction of sp³-hybridized carbons (Fsp3) is 0.435. The number of amides is 3. The molecule has 1 heterocycles. The van der Waals surface area contributed by atoms with Crippen molar-refractivity contribution in [1.82, 2.24) is 15.5 Å². The molecular formula is C23H27ClN4O6. The van der Waals surface area contributed by atoms with Crippen molar-refractivity contribution in [2.75, 3.05) is 5.73 Å². The molecule has 0 aromatic heterocycles. The Hall–Kier alpha value is -3.40. The van der Waals surface area contributed by atoms with Crippen LogP contribution in [0.25, 0.3) is 0 Å². The number of rotatable bonds is 9. The molecule has 182 valence electrons. The summed E-state index contributed by atoms with van der Waals surface area (Å²) in [6, 6.07) is 2.02. The lowest BCUT2D eigenvalue weighted by atomic mass is 10.00. The number of nitrogen functional groups attached to an aromatic ring is 1. The van der Waals surface area contributed by atoms with E-state index in [1.807, 2.05) is 0 Å². The lowest BCUT2D eigenvalue weighted by Crippen LogP contribution is -2.54. The predicted molar refractivity (Wildman–Crippen MR) is 124 cm³/mol. The highest BCUT2D eigenvalue weighted by Crippen LogP contribution is 2.41. The summed E-state index contributed by atoms with van der Waals surface area (Å²) < 4.78 is 0. The van der Waals surface area contributed by atoms with Gasteiger partial charge in [-0.15, -0.1) is 0 Å². The van der Waals surface area contributed by atoms with Crippen LogP contribution in [0.1, 0.15) is 49.9 Å². The number of halogens is 1. The number of fused-ring (bicyclic) bond motifs is 2. The Balaban J connectivity index is 1.82. The predicted octanol–water partition coefficient (Wildman–Crippen LogP) is 1.48. The molecule has 5 N–H and O–H groups in total. The number of hydrogen-bond donors (Lipinski definition) is 4. The average Bonchev–Trinajstić information content (AvgIpc) is 3.39.